The van der Waals surface area contributed by atoms with Crippen molar-refractivity contribution >= 4 is 98.5 Å². The van der Waals surface area contributed by atoms with Gasteiger partial charge >= 0.3 is 0 Å². The van der Waals surface area contributed by atoms with Crippen molar-refractivity contribution in [3.8, 4) is 5.75 Å². The molecule has 2 aliphatic heterocycles. The molecule has 31 heteroatoms. The first-order chi connectivity index (χ1) is 35.7. The molecule has 0 bridgehead atoms. The summed E-state index contributed by atoms with van der Waals surface area (Å²) in [6.45, 7) is 4.03. The number of guanidine groups is 1. The molecule has 29 nitrogen and oxygen atoms in total. The van der Waals surface area contributed by atoms with Crippen LogP contribution >= 0.6 is 21.6 Å². The number of rotatable bonds is 19. The summed E-state index contributed by atoms with van der Waals surface area (Å²) in [5, 5.41) is 35.0. The van der Waals surface area contributed by atoms with Crippen LogP contribution in [-0.2, 0) is 64.0 Å². The average molecular weight is 1110 g/mol. The van der Waals surface area contributed by atoms with Crippen LogP contribution in [0.5, 0.6) is 5.75 Å². The van der Waals surface area contributed by atoms with Crippen molar-refractivity contribution in [2.24, 2.45) is 45.3 Å². The van der Waals surface area contributed by atoms with Crippen molar-refractivity contribution in [2.45, 2.75) is 127 Å². The Kier molecular flexibility index (Phi) is 27.9. The van der Waals surface area contributed by atoms with Crippen molar-refractivity contribution in [1.29, 1.82) is 0 Å². The summed E-state index contributed by atoms with van der Waals surface area (Å²) in [5.41, 5.74) is 33.7. The minimum Gasteiger partial charge on any atom is -0.508 e. The molecule has 3 rings (SSSR count). The van der Waals surface area contributed by atoms with Crippen LogP contribution in [0.1, 0.15) is 77.7 Å². The zero-order valence-corrected chi connectivity index (χ0v) is 44.0. The molecule has 0 radical (unpaired) electrons. The Hall–Kier alpha value is -7.41. The van der Waals surface area contributed by atoms with E-state index in [1.807, 2.05) is 0 Å². The maximum Gasteiger partial charge on any atom is 0.300 e. The van der Waals surface area contributed by atoms with Gasteiger partial charge in [0.05, 0.1) is 19.0 Å². The summed E-state index contributed by atoms with van der Waals surface area (Å²) in [6.07, 6.45) is -0.813. The van der Waals surface area contributed by atoms with E-state index in [2.05, 4.69) is 42.2 Å². The highest BCUT2D eigenvalue weighted by atomic mass is 33.1. The predicted octanol–water partition coefficient (Wildman–Crippen LogP) is -5.51. The number of nitrogens with one attached hydrogen (secondary N) is 7. The molecular weight excluding hydrogens is 1040 g/mol. The minimum absolute atomic E-state index is 0.00520. The summed E-state index contributed by atoms with van der Waals surface area (Å²) >= 11 is 0. The van der Waals surface area contributed by atoms with E-state index < -0.39 is 151 Å². The number of aromatic hydroxyl groups is 1. The van der Waals surface area contributed by atoms with Crippen LogP contribution in [0.3, 0.4) is 0 Å². The maximum absolute atomic E-state index is 14.5. The van der Waals surface area contributed by atoms with Gasteiger partial charge in [-0.05, 0) is 55.7 Å². The standard InChI is InChI=1S/C43H67N15O12S2.C2H4O2/c1-3-21(2)34-41(69)53-26(12-13-31(45)60)37(65)55-28(17-32(46)61)38(66)56-29(20-72-71-19-24(44)35(63)54-27(39(67)57-34)16-22-8-10-23(59)11-9-22)42(70)58-15-5-7-30(58)40(68)52-25(6-4-14-50-43(48)49)36(64)51-18-33(47)62;1-2(3)4/h8-11,21,24-30,34,59H,3-7,12-20,44H2,1-2H3,(H2,45,60)(H2,46,61)(H2,47,62)(H,51,64)(H,52,68)(H,53,69)(H,54,63)(H,55,65)(H,56,66)(H,57,67)(H4,48,49,50);1H3,(H,3,4). The van der Waals surface area contributed by atoms with E-state index in [1.165, 1.54) is 29.2 Å². The molecule has 0 spiro atoms. The van der Waals surface area contributed by atoms with Gasteiger partial charge in [0.15, 0.2) is 5.96 Å². The highest BCUT2D eigenvalue weighted by Crippen LogP contribution is 2.26. The summed E-state index contributed by atoms with van der Waals surface area (Å²) in [6, 6.07) is -5.40. The normalized spacial score (nSPS) is 22.7. The van der Waals surface area contributed by atoms with Gasteiger partial charge in [-0.2, -0.15) is 0 Å². The molecule has 0 saturated carbocycles. The second-order valence-electron chi connectivity index (χ2n) is 17.7. The molecule has 1 aromatic carbocycles. The number of benzene rings is 1. The zero-order chi connectivity index (χ0) is 57.2. The molecule has 2 heterocycles. The quantitative estimate of drug-likeness (QED) is 0.0266. The number of hydrogen-bond acceptors (Lipinski definition) is 17. The number of carboxylic acid groups (broad SMARTS) is 1. The number of aliphatic carboxylic acids is 1. The van der Waals surface area contributed by atoms with Gasteiger partial charge in [0.1, 0.15) is 48.0 Å². The second kappa shape index (κ2) is 32.8. The fraction of sp³-hybridized carbons (Fsp3) is 0.578. The second-order valence-corrected chi connectivity index (χ2v) is 20.3. The Morgan fingerprint density at radius 1 is 0.803 bits per heavy atom. The lowest BCUT2D eigenvalue weighted by molar-refractivity contribution is -0.142. The number of primary amides is 3. The lowest BCUT2D eigenvalue weighted by Crippen LogP contribution is -2.61. The van der Waals surface area contributed by atoms with Crippen LogP contribution in [0.25, 0.3) is 0 Å². The molecule has 2 fully saturated rings. The Balaban J connectivity index is 0.00000476. The molecule has 2 saturated heterocycles. The van der Waals surface area contributed by atoms with E-state index in [9.17, 15) is 57.8 Å². The number of phenols is 1. The molecule has 0 aliphatic carbocycles. The van der Waals surface area contributed by atoms with Crippen molar-refractivity contribution < 1.29 is 67.7 Å². The largest absolute Gasteiger partial charge is 0.508 e. The summed E-state index contributed by atoms with van der Waals surface area (Å²) in [5.74, 6) is -11.8. The van der Waals surface area contributed by atoms with Crippen LogP contribution in [0, 0.1) is 5.92 Å². The first-order valence-electron chi connectivity index (χ1n) is 24.0. The Morgan fingerprint density at radius 2 is 1.39 bits per heavy atom. The highest BCUT2D eigenvalue weighted by molar-refractivity contribution is 8.76. The molecule has 11 amide bonds. The van der Waals surface area contributed by atoms with E-state index in [0.29, 0.717) is 18.4 Å². The number of likely N-dealkylation sites (tertiary alicyclic amines) is 1. The van der Waals surface area contributed by atoms with Crippen LogP contribution < -0.4 is 71.6 Å². The van der Waals surface area contributed by atoms with Gasteiger partial charge in [0.2, 0.25) is 65.0 Å². The number of nitrogens with zero attached hydrogens (tertiary/aromatic N) is 2. The van der Waals surface area contributed by atoms with Crippen LogP contribution in [0.2, 0.25) is 0 Å². The third-order valence-corrected chi connectivity index (χ3v) is 14.0. The molecule has 9 atom stereocenters. The van der Waals surface area contributed by atoms with Gasteiger partial charge in [-0.1, -0.05) is 54.0 Å². The van der Waals surface area contributed by atoms with Gasteiger partial charge in [-0.25, -0.2) is 0 Å². The first-order valence-corrected chi connectivity index (χ1v) is 26.5. The molecule has 1 aromatic rings. The summed E-state index contributed by atoms with van der Waals surface area (Å²) < 4.78 is 0. The third-order valence-electron chi connectivity index (χ3n) is 11.5. The fourth-order valence-electron chi connectivity index (χ4n) is 7.41. The molecule has 76 heavy (non-hydrogen) atoms. The number of nitrogens with two attached hydrogens (primary N) is 6. The number of carbonyl (C=O) groups is 12. The van der Waals surface area contributed by atoms with Crippen LogP contribution in [0.4, 0.5) is 0 Å². The Morgan fingerprint density at radius 3 is 1.99 bits per heavy atom. The number of amides is 11. The fourth-order valence-corrected chi connectivity index (χ4v) is 9.69. The van der Waals surface area contributed by atoms with Gasteiger partial charge < -0.3 is 86.7 Å². The van der Waals surface area contributed by atoms with Crippen molar-refractivity contribution in [1.82, 2.24) is 42.1 Å². The number of hydrogen-bond donors (Lipinski definition) is 15. The molecule has 2 aliphatic rings. The van der Waals surface area contributed by atoms with E-state index in [1.54, 1.807) is 13.8 Å². The Labute approximate surface area is 445 Å². The lowest BCUT2D eigenvalue weighted by atomic mass is 9.96. The SMILES string of the molecule is CC(=O)O.CCC(C)C1NC(=O)C(Cc2ccc(O)cc2)NC(=O)C(N)CSSCC(C(=O)N2CCCC2C(=O)NC(CCCN=C(N)N)C(=O)NCC(N)=O)NC(=O)C(CC(N)=O)NC(=O)C(CCC(N)=O)NC1=O. The van der Waals surface area contributed by atoms with Gasteiger partial charge in [0.25, 0.3) is 5.97 Å². The van der Waals surface area contributed by atoms with E-state index in [4.69, 9.17) is 44.3 Å². The maximum atomic E-state index is 14.5. The van der Waals surface area contributed by atoms with Crippen LogP contribution in [-0.4, -0.2) is 171 Å². The third kappa shape index (κ3) is 23.4. The molecular formula is C45H71N15O14S2. The van der Waals surface area contributed by atoms with Gasteiger partial charge in [-0.3, -0.25) is 62.5 Å². The molecule has 422 valence electrons. The number of carboxylic acids is 1. The first kappa shape index (κ1) is 64.7. The smallest absolute Gasteiger partial charge is 0.300 e. The lowest BCUT2D eigenvalue weighted by Gasteiger charge is -2.31. The van der Waals surface area contributed by atoms with Gasteiger partial charge in [0, 0.05) is 44.4 Å². The monoisotopic (exact) mass is 1110 g/mol. The molecule has 21 N–H and O–H groups in total. The number of phenolic OH excluding ortho intramolecular Hbond substituents is 1. The van der Waals surface area contributed by atoms with Crippen LogP contribution in [0.15, 0.2) is 29.3 Å². The average Bonchev–Trinajstić information content (AvgIpc) is 3.84. The number of aliphatic imine (C=N–C) groups is 1. The van der Waals surface area contributed by atoms with Gasteiger partial charge in [-0.15, -0.1) is 0 Å². The minimum atomic E-state index is -1.78. The zero-order valence-electron chi connectivity index (χ0n) is 42.4. The van der Waals surface area contributed by atoms with Crippen molar-refractivity contribution in [3.63, 3.8) is 0 Å². The molecule has 0 aromatic heterocycles. The highest BCUT2D eigenvalue weighted by Gasteiger charge is 2.41. The van der Waals surface area contributed by atoms with E-state index in [-0.39, 0.29) is 62.0 Å². The topological polar surface area (TPSA) is 501 Å². The predicted molar refractivity (Wildman–Crippen MR) is 278 cm³/mol. The van der Waals surface area contributed by atoms with Crippen molar-refractivity contribution in [3.05, 3.63) is 29.8 Å². The summed E-state index contributed by atoms with van der Waals surface area (Å²) in [4.78, 5) is 161. The summed E-state index contributed by atoms with van der Waals surface area (Å²) in [7, 11) is 2.00. The Bertz CT molecular complexity index is 2270. The van der Waals surface area contributed by atoms with E-state index >= 15 is 0 Å². The molecule has 9 unspecified atom stereocenters. The number of carbonyl (C=O) groups excluding carboxylic acids is 11. The van der Waals surface area contributed by atoms with Crippen molar-refractivity contribution in [2.75, 3.05) is 31.1 Å². The van der Waals surface area contributed by atoms with E-state index in [0.717, 1.165) is 28.5 Å².